The molecule has 1 aromatic carbocycles. The van der Waals surface area contributed by atoms with Gasteiger partial charge in [0.15, 0.2) is 0 Å². The van der Waals surface area contributed by atoms with Crippen LogP contribution in [0.5, 0.6) is 0 Å². The Labute approximate surface area is 102 Å². The molecular formula is C12H10ClF3O. The number of hydrogen-bond donors (Lipinski definition) is 0. The van der Waals surface area contributed by atoms with E-state index in [1.54, 1.807) is 24.3 Å². The highest BCUT2D eigenvalue weighted by molar-refractivity contribution is 6.30. The second-order valence-corrected chi connectivity index (χ2v) is 3.54. The van der Waals surface area contributed by atoms with Gasteiger partial charge >= 0.3 is 6.18 Å². The third-order valence-corrected chi connectivity index (χ3v) is 2.04. The molecule has 0 fully saturated rings. The summed E-state index contributed by atoms with van der Waals surface area (Å²) in [6.07, 6.45) is -3.33. The van der Waals surface area contributed by atoms with E-state index in [1.165, 1.54) is 13.0 Å². The van der Waals surface area contributed by atoms with Gasteiger partial charge in [0.05, 0.1) is 6.61 Å². The molecule has 0 atom stereocenters. The molecule has 0 amide bonds. The third kappa shape index (κ3) is 4.55. The molecule has 0 bridgehead atoms. The lowest BCUT2D eigenvalue weighted by atomic mass is 10.2. The first-order valence-corrected chi connectivity index (χ1v) is 5.23. The van der Waals surface area contributed by atoms with Crippen LogP contribution < -0.4 is 0 Å². The summed E-state index contributed by atoms with van der Waals surface area (Å²) in [7, 11) is 0. The van der Waals surface area contributed by atoms with Crippen molar-refractivity contribution in [1.82, 2.24) is 0 Å². The highest BCUT2D eigenvalue weighted by Gasteiger charge is 2.35. The van der Waals surface area contributed by atoms with Gasteiger partial charge in [-0.2, -0.15) is 13.2 Å². The lowest BCUT2D eigenvalue weighted by molar-refractivity contribution is -0.129. The average molecular weight is 263 g/mol. The molecule has 0 spiro atoms. The Balaban J connectivity index is 3.01. The highest BCUT2D eigenvalue weighted by atomic mass is 35.5. The summed E-state index contributed by atoms with van der Waals surface area (Å²) in [6.45, 7) is 1.42. The van der Waals surface area contributed by atoms with Crippen molar-refractivity contribution in [2.24, 2.45) is 0 Å². The van der Waals surface area contributed by atoms with Crippen LogP contribution in [0.15, 0.2) is 35.8 Å². The molecule has 0 aliphatic carbocycles. The number of rotatable bonds is 3. The first-order valence-electron chi connectivity index (χ1n) is 4.85. The minimum atomic E-state index is -4.53. The predicted molar refractivity (Wildman–Crippen MR) is 60.6 cm³/mol. The Morgan fingerprint density at radius 3 is 2.41 bits per heavy atom. The van der Waals surface area contributed by atoms with E-state index in [1.807, 2.05) is 0 Å². The lowest BCUT2D eigenvalue weighted by Crippen LogP contribution is -2.13. The number of benzene rings is 1. The van der Waals surface area contributed by atoms with Crippen molar-refractivity contribution < 1.29 is 17.9 Å². The van der Waals surface area contributed by atoms with Crippen molar-refractivity contribution in [3.05, 3.63) is 46.3 Å². The van der Waals surface area contributed by atoms with Crippen LogP contribution in [-0.2, 0) is 4.74 Å². The van der Waals surface area contributed by atoms with Crippen LogP contribution in [0.3, 0.4) is 0 Å². The average Bonchev–Trinajstić information content (AvgIpc) is 2.25. The van der Waals surface area contributed by atoms with Gasteiger partial charge in [-0.15, -0.1) is 0 Å². The van der Waals surface area contributed by atoms with E-state index in [2.05, 4.69) is 10.5 Å². The van der Waals surface area contributed by atoms with Crippen LogP contribution in [0.2, 0.25) is 5.02 Å². The molecule has 1 rings (SSSR count). The molecule has 0 aliphatic rings. The molecule has 17 heavy (non-hydrogen) atoms. The summed E-state index contributed by atoms with van der Waals surface area (Å²) in [4.78, 5) is 0. The Kier molecular flexibility index (Phi) is 4.67. The molecule has 92 valence electrons. The van der Waals surface area contributed by atoms with E-state index in [4.69, 9.17) is 11.6 Å². The molecule has 0 heterocycles. The molecule has 1 nitrogen and oxygen atoms in total. The molecule has 0 saturated heterocycles. The van der Waals surface area contributed by atoms with E-state index in [-0.39, 0.29) is 6.61 Å². The van der Waals surface area contributed by atoms with Crippen molar-refractivity contribution in [3.63, 3.8) is 0 Å². The van der Waals surface area contributed by atoms with Gasteiger partial charge in [0, 0.05) is 5.02 Å². The van der Waals surface area contributed by atoms with Gasteiger partial charge in [-0.25, -0.2) is 0 Å². The van der Waals surface area contributed by atoms with E-state index >= 15 is 0 Å². The third-order valence-electron chi connectivity index (χ3n) is 1.79. The fourth-order valence-corrected chi connectivity index (χ4v) is 1.18. The zero-order valence-corrected chi connectivity index (χ0v) is 9.77. The number of alkyl halides is 3. The zero-order chi connectivity index (χ0) is 12.9. The monoisotopic (exact) mass is 262 g/mol. The Morgan fingerprint density at radius 2 is 1.94 bits per heavy atom. The number of halogens is 4. The summed E-state index contributed by atoms with van der Waals surface area (Å²) in [5, 5.41) is 0.520. The van der Waals surface area contributed by atoms with Crippen molar-refractivity contribution in [1.29, 1.82) is 0 Å². The van der Waals surface area contributed by atoms with Gasteiger partial charge in [0.2, 0.25) is 5.76 Å². The first-order chi connectivity index (χ1) is 7.93. The minimum Gasteiger partial charge on any atom is -0.482 e. The normalized spacial score (nSPS) is 10.6. The predicted octanol–water partition coefficient (Wildman–Crippen LogP) is 4.43. The van der Waals surface area contributed by atoms with E-state index in [0.717, 1.165) is 0 Å². The summed E-state index contributed by atoms with van der Waals surface area (Å²) in [5.41, 5.74) is 2.66. The molecule has 0 radical (unpaired) electrons. The van der Waals surface area contributed by atoms with Crippen LogP contribution in [0, 0.1) is 0 Å². The maximum Gasteiger partial charge on any atom is 0.457 e. The van der Waals surface area contributed by atoms with Gasteiger partial charge in [0.1, 0.15) is 0 Å². The molecule has 5 heteroatoms. The Morgan fingerprint density at radius 1 is 1.35 bits per heavy atom. The summed E-state index contributed by atoms with van der Waals surface area (Å²) in [6, 6.07) is 6.36. The van der Waals surface area contributed by atoms with Crippen LogP contribution in [0.4, 0.5) is 13.2 Å². The van der Waals surface area contributed by atoms with Gasteiger partial charge < -0.3 is 4.74 Å². The molecule has 0 N–H and O–H groups in total. The van der Waals surface area contributed by atoms with Crippen molar-refractivity contribution in [2.75, 3.05) is 6.61 Å². The van der Waals surface area contributed by atoms with E-state index in [0.29, 0.717) is 10.6 Å². The molecule has 0 aromatic heterocycles. The minimum absolute atomic E-state index is 0.0592. The smallest absolute Gasteiger partial charge is 0.457 e. The van der Waals surface area contributed by atoms with Gasteiger partial charge in [-0.3, -0.25) is 0 Å². The van der Waals surface area contributed by atoms with Gasteiger partial charge in [0.25, 0.3) is 0 Å². The molecule has 1 aromatic rings. The standard InChI is InChI=1S/C12H10ClF3O/c1-2-17-11(12(14,15)16)8-5-9-3-6-10(13)7-4-9/h3-7H,2H2,1H3. The van der Waals surface area contributed by atoms with E-state index < -0.39 is 11.9 Å². The Bertz CT molecular complexity index is 428. The zero-order valence-electron chi connectivity index (χ0n) is 9.01. The van der Waals surface area contributed by atoms with Crippen LogP contribution in [0.25, 0.3) is 6.08 Å². The maximum atomic E-state index is 12.4. The highest BCUT2D eigenvalue weighted by Crippen LogP contribution is 2.25. The maximum absolute atomic E-state index is 12.4. The quantitative estimate of drug-likeness (QED) is 0.578. The second-order valence-electron chi connectivity index (χ2n) is 3.10. The van der Waals surface area contributed by atoms with E-state index in [9.17, 15) is 13.2 Å². The molecule has 0 saturated carbocycles. The van der Waals surface area contributed by atoms with Gasteiger partial charge in [-0.1, -0.05) is 29.5 Å². The second kappa shape index (κ2) is 5.80. The largest absolute Gasteiger partial charge is 0.482 e. The van der Waals surface area contributed by atoms with Gasteiger partial charge in [-0.05, 0) is 30.7 Å². The van der Waals surface area contributed by atoms with Crippen molar-refractivity contribution in [2.45, 2.75) is 13.1 Å². The molecular weight excluding hydrogens is 253 g/mol. The summed E-state index contributed by atoms with van der Waals surface area (Å²) < 4.78 is 41.7. The molecule has 0 unspecified atom stereocenters. The molecule has 0 aliphatic heterocycles. The lowest BCUT2D eigenvalue weighted by Gasteiger charge is -2.08. The fourth-order valence-electron chi connectivity index (χ4n) is 1.06. The SMILES string of the molecule is CCOC(=C=Cc1ccc(Cl)cc1)C(F)(F)F. The topological polar surface area (TPSA) is 9.23 Å². The summed E-state index contributed by atoms with van der Waals surface area (Å²) in [5.74, 6) is -1.13. The Hall–Kier alpha value is -1.38. The van der Waals surface area contributed by atoms with Crippen LogP contribution in [0.1, 0.15) is 12.5 Å². The number of hydrogen-bond acceptors (Lipinski definition) is 1. The fraction of sp³-hybridized carbons (Fsp3) is 0.250. The van der Waals surface area contributed by atoms with Crippen molar-refractivity contribution >= 4 is 17.7 Å². The van der Waals surface area contributed by atoms with Crippen LogP contribution >= 0.6 is 11.6 Å². The van der Waals surface area contributed by atoms with Crippen molar-refractivity contribution in [3.8, 4) is 0 Å². The number of allylic oxidation sites excluding steroid dienone is 1. The summed E-state index contributed by atoms with van der Waals surface area (Å²) >= 11 is 5.65. The first kappa shape index (κ1) is 13.7. The van der Waals surface area contributed by atoms with Crippen LogP contribution in [-0.4, -0.2) is 12.8 Å². The number of ether oxygens (including phenoxy) is 1.